The van der Waals surface area contributed by atoms with Crippen LogP contribution in [-0.4, -0.2) is 57.1 Å². The average Bonchev–Trinajstić information content (AvgIpc) is 3.39. The predicted molar refractivity (Wildman–Crippen MR) is 148 cm³/mol. The number of alkyl carbamates (subject to hydrolysis) is 1. The van der Waals surface area contributed by atoms with Gasteiger partial charge in [-0.2, -0.15) is 5.10 Å². The number of hydrogen-bond donors (Lipinski definition) is 2. The SMILES string of the molecule is COc1cc(F)c([C@@H]2CN3C(=NNC3(C)CO[Si](C)(C)C(C)(C)C)[C@H]2NC(=O)OCc2ccccc2)c(F)c1. The number of hydrogen-bond acceptors (Lipinski definition) is 7. The predicted octanol–water partition coefficient (Wildman–Crippen LogP) is 5.32. The number of carbonyl (C=O) groups is 1. The lowest BCUT2D eigenvalue weighted by Crippen LogP contribution is -2.57. The Morgan fingerprint density at radius 2 is 1.85 bits per heavy atom. The number of methoxy groups -OCH3 is 1. The molecule has 0 bridgehead atoms. The molecule has 1 amide bonds. The Kier molecular flexibility index (Phi) is 7.95. The van der Waals surface area contributed by atoms with E-state index in [1.807, 2.05) is 42.2 Å². The van der Waals surface area contributed by atoms with Crippen LogP contribution >= 0.6 is 0 Å². The van der Waals surface area contributed by atoms with Gasteiger partial charge < -0.3 is 24.1 Å². The van der Waals surface area contributed by atoms with E-state index in [-0.39, 0.29) is 29.5 Å². The second-order valence-corrected chi connectivity index (χ2v) is 16.6. The maximum Gasteiger partial charge on any atom is 0.408 e. The second kappa shape index (κ2) is 10.8. The highest BCUT2D eigenvalue weighted by atomic mass is 28.4. The molecule has 1 saturated heterocycles. The van der Waals surface area contributed by atoms with E-state index < -0.39 is 43.7 Å². The fraction of sp³-hybridized carbons (Fsp3) is 0.500. The minimum absolute atomic E-state index is 0.00114. The molecule has 212 valence electrons. The molecule has 2 aliphatic rings. The summed E-state index contributed by atoms with van der Waals surface area (Å²) in [7, 11) is -0.752. The van der Waals surface area contributed by atoms with Crippen LogP contribution in [0.5, 0.6) is 5.75 Å². The van der Waals surface area contributed by atoms with E-state index in [1.54, 1.807) is 0 Å². The molecule has 1 fully saturated rings. The van der Waals surface area contributed by atoms with Gasteiger partial charge in [-0.1, -0.05) is 51.1 Å². The molecule has 0 spiro atoms. The Bertz CT molecular complexity index is 1210. The first-order valence-electron chi connectivity index (χ1n) is 13.0. The molecular formula is C28H38F2N4O4Si. The summed E-state index contributed by atoms with van der Waals surface area (Å²) >= 11 is 0. The normalized spacial score (nSPS) is 22.7. The number of halogens is 2. The zero-order chi connectivity index (χ0) is 28.6. The minimum Gasteiger partial charge on any atom is -0.497 e. The molecule has 0 saturated carbocycles. The van der Waals surface area contributed by atoms with Crippen molar-refractivity contribution in [1.29, 1.82) is 0 Å². The van der Waals surface area contributed by atoms with Crippen LogP contribution in [0.3, 0.4) is 0 Å². The van der Waals surface area contributed by atoms with Crippen molar-refractivity contribution in [1.82, 2.24) is 15.6 Å². The first-order chi connectivity index (χ1) is 18.3. The summed E-state index contributed by atoms with van der Waals surface area (Å²) in [5.41, 5.74) is 3.05. The zero-order valence-corrected chi connectivity index (χ0v) is 24.6. The molecule has 4 rings (SSSR count). The maximum absolute atomic E-state index is 15.3. The van der Waals surface area contributed by atoms with Crippen molar-refractivity contribution >= 4 is 20.2 Å². The molecule has 2 aliphatic heterocycles. The van der Waals surface area contributed by atoms with Crippen LogP contribution in [-0.2, 0) is 15.8 Å². The lowest BCUT2D eigenvalue weighted by molar-refractivity contribution is 0.0934. The van der Waals surface area contributed by atoms with Crippen molar-refractivity contribution in [3.8, 4) is 5.75 Å². The fourth-order valence-corrected chi connectivity index (χ4v) is 5.64. The minimum atomic E-state index is -2.10. The Labute approximate surface area is 229 Å². The van der Waals surface area contributed by atoms with E-state index in [0.29, 0.717) is 12.4 Å². The van der Waals surface area contributed by atoms with E-state index in [4.69, 9.17) is 13.9 Å². The summed E-state index contributed by atoms with van der Waals surface area (Å²) in [6.07, 6.45) is -0.709. The van der Waals surface area contributed by atoms with Gasteiger partial charge in [0.2, 0.25) is 0 Å². The van der Waals surface area contributed by atoms with Gasteiger partial charge in [0.25, 0.3) is 0 Å². The Hall–Kier alpha value is -3.18. The molecule has 39 heavy (non-hydrogen) atoms. The first-order valence-corrected chi connectivity index (χ1v) is 15.9. The highest BCUT2D eigenvalue weighted by molar-refractivity contribution is 6.74. The first kappa shape index (κ1) is 28.8. The lowest BCUT2D eigenvalue weighted by Gasteiger charge is -2.41. The Morgan fingerprint density at radius 1 is 1.21 bits per heavy atom. The van der Waals surface area contributed by atoms with Crippen molar-refractivity contribution in [3.63, 3.8) is 0 Å². The number of benzene rings is 2. The molecule has 1 unspecified atom stereocenters. The van der Waals surface area contributed by atoms with Crippen LogP contribution in [0.1, 0.15) is 44.7 Å². The molecule has 11 heteroatoms. The van der Waals surface area contributed by atoms with Crippen molar-refractivity contribution < 1.29 is 27.5 Å². The van der Waals surface area contributed by atoms with Gasteiger partial charge in [0.05, 0.1) is 13.7 Å². The van der Waals surface area contributed by atoms with Crippen LogP contribution < -0.4 is 15.5 Å². The number of amides is 1. The molecule has 2 N–H and O–H groups in total. The van der Waals surface area contributed by atoms with Gasteiger partial charge in [0.1, 0.15) is 41.5 Å². The lowest BCUT2D eigenvalue weighted by atomic mass is 9.92. The summed E-state index contributed by atoms with van der Waals surface area (Å²) < 4.78 is 47.5. The van der Waals surface area contributed by atoms with Crippen LogP contribution in [0.25, 0.3) is 0 Å². The topological polar surface area (TPSA) is 84.4 Å². The summed E-state index contributed by atoms with van der Waals surface area (Å²) in [6, 6.07) is 10.7. The molecule has 2 aromatic rings. The van der Waals surface area contributed by atoms with E-state index in [1.165, 1.54) is 7.11 Å². The third-order valence-electron chi connectivity index (χ3n) is 8.01. The van der Waals surface area contributed by atoms with Crippen LogP contribution in [0.4, 0.5) is 13.6 Å². The molecule has 2 aromatic carbocycles. The number of nitrogens with zero attached hydrogens (tertiary/aromatic N) is 2. The van der Waals surface area contributed by atoms with Gasteiger partial charge in [-0.3, -0.25) is 5.43 Å². The zero-order valence-electron chi connectivity index (χ0n) is 23.6. The quantitative estimate of drug-likeness (QED) is 0.425. The van der Waals surface area contributed by atoms with Gasteiger partial charge in [-0.05, 0) is 30.6 Å². The van der Waals surface area contributed by atoms with E-state index in [2.05, 4.69) is 49.7 Å². The molecule has 0 aliphatic carbocycles. The summed E-state index contributed by atoms with van der Waals surface area (Å²) in [4.78, 5) is 14.8. The van der Waals surface area contributed by atoms with Gasteiger partial charge >= 0.3 is 6.09 Å². The Balaban J connectivity index is 1.60. The highest BCUT2D eigenvalue weighted by Gasteiger charge is 2.53. The molecular weight excluding hydrogens is 522 g/mol. The smallest absolute Gasteiger partial charge is 0.408 e. The van der Waals surface area contributed by atoms with Crippen LogP contribution in [0, 0.1) is 11.6 Å². The molecule has 2 heterocycles. The molecule has 0 radical (unpaired) electrons. The van der Waals surface area contributed by atoms with Gasteiger partial charge in [0.15, 0.2) is 8.32 Å². The summed E-state index contributed by atoms with van der Waals surface area (Å²) in [5.74, 6) is -1.74. The number of amidine groups is 1. The second-order valence-electron chi connectivity index (χ2n) is 11.8. The van der Waals surface area contributed by atoms with Gasteiger partial charge in [-0.15, -0.1) is 0 Å². The van der Waals surface area contributed by atoms with Gasteiger partial charge in [0, 0.05) is 30.2 Å². The largest absolute Gasteiger partial charge is 0.497 e. The number of hydrazone groups is 1. The van der Waals surface area contributed by atoms with Gasteiger partial charge in [-0.25, -0.2) is 13.6 Å². The van der Waals surface area contributed by atoms with E-state index in [9.17, 15) is 4.79 Å². The van der Waals surface area contributed by atoms with E-state index in [0.717, 1.165) is 17.7 Å². The highest BCUT2D eigenvalue weighted by Crippen LogP contribution is 2.41. The average molecular weight is 561 g/mol. The van der Waals surface area contributed by atoms with Crippen molar-refractivity contribution in [2.24, 2.45) is 5.10 Å². The molecule has 8 nitrogen and oxygen atoms in total. The third kappa shape index (κ3) is 5.89. The van der Waals surface area contributed by atoms with Crippen molar-refractivity contribution in [3.05, 3.63) is 65.2 Å². The number of fused-ring (bicyclic) bond motifs is 1. The fourth-order valence-electron chi connectivity index (χ4n) is 4.56. The number of ether oxygens (including phenoxy) is 2. The number of nitrogens with one attached hydrogen (secondary N) is 2. The van der Waals surface area contributed by atoms with Crippen LogP contribution in [0.15, 0.2) is 47.6 Å². The Morgan fingerprint density at radius 3 is 2.44 bits per heavy atom. The van der Waals surface area contributed by atoms with Crippen molar-refractivity contribution in [2.45, 2.75) is 70.1 Å². The van der Waals surface area contributed by atoms with E-state index >= 15 is 8.78 Å². The summed E-state index contributed by atoms with van der Waals surface area (Å²) in [5, 5.41) is 7.34. The number of rotatable bonds is 8. The number of carbonyl (C=O) groups excluding carboxylic acids is 1. The van der Waals surface area contributed by atoms with Crippen molar-refractivity contribution in [2.75, 3.05) is 20.3 Å². The standard InChI is InChI=1S/C28H38F2N4O4Si/c1-27(2,3)39(6,7)38-17-28(4)33-32-25-24(31-26(35)37-16-18-11-9-8-10-12-18)20(15-34(25)28)23-21(29)13-19(36-5)14-22(23)30/h8-14,20,24,33H,15-17H2,1-7H3,(H,31,35)/t20-,24-,28?/m0/s1. The third-order valence-corrected chi connectivity index (χ3v) is 12.5. The molecule has 3 atom stereocenters. The molecule has 0 aromatic heterocycles. The maximum atomic E-state index is 15.3. The monoisotopic (exact) mass is 560 g/mol. The van der Waals surface area contributed by atoms with Crippen LogP contribution in [0.2, 0.25) is 18.1 Å². The summed E-state index contributed by atoms with van der Waals surface area (Å²) in [6.45, 7) is 13.3.